The average molecular weight is 537 g/mol. The van der Waals surface area contributed by atoms with Crippen molar-refractivity contribution in [2.45, 2.75) is 36.8 Å². The molecule has 0 saturated heterocycles. The van der Waals surface area contributed by atoms with Crippen LogP contribution in [0, 0.1) is 5.92 Å². The zero-order valence-electron chi connectivity index (χ0n) is 21.9. The Kier molecular flexibility index (Phi) is 6.88. The van der Waals surface area contributed by atoms with E-state index in [4.69, 9.17) is 4.74 Å². The fraction of sp³-hybridized carbons (Fsp3) is 0.212. The molecule has 5 nitrogen and oxygen atoms in total. The molecule has 0 radical (unpaired) electrons. The van der Waals surface area contributed by atoms with E-state index in [0.717, 1.165) is 29.0 Å². The van der Waals surface area contributed by atoms with Gasteiger partial charge in [0.1, 0.15) is 12.4 Å². The van der Waals surface area contributed by atoms with Crippen molar-refractivity contribution in [3.63, 3.8) is 0 Å². The molecule has 6 heteroatoms. The normalized spacial score (nSPS) is 19.6. The highest BCUT2D eigenvalue weighted by molar-refractivity contribution is 7.92. The minimum absolute atomic E-state index is 0.125. The Balaban J connectivity index is 1.25. The maximum atomic E-state index is 13.7. The fourth-order valence-electron chi connectivity index (χ4n) is 5.79. The van der Waals surface area contributed by atoms with E-state index in [1.807, 2.05) is 79.7 Å². The molecule has 0 aromatic heterocycles. The number of hydrogen-bond donors (Lipinski definition) is 1. The predicted octanol–water partition coefficient (Wildman–Crippen LogP) is 7.31. The van der Waals surface area contributed by atoms with Crippen LogP contribution in [0.15, 0.2) is 120 Å². The minimum Gasteiger partial charge on any atom is -0.489 e. The van der Waals surface area contributed by atoms with E-state index in [1.165, 1.54) is 9.87 Å². The quantitative estimate of drug-likeness (QED) is 0.240. The van der Waals surface area contributed by atoms with Crippen LogP contribution in [-0.2, 0) is 16.6 Å². The number of nitrogens with one attached hydrogen (secondary N) is 1. The van der Waals surface area contributed by atoms with E-state index in [9.17, 15) is 8.42 Å². The second kappa shape index (κ2) is 10.6. The van der Waals surface area contributed by atoms with E-state index < -0.39 is 10.0 Å². The first kappa shape index (κ1) is 25.3. The number of hydrogen-bond acceptors (Lipinski definition) is 4. The van der Waals surface area contributed by atoms with Gasteiger partial charge in [0.2, 0.25) is 0 Å². The molecule has 3 atom stereocenters. The molecule has 198 valence electrons. The summed E-state index contributed by atoms with van der Waals surface area (Å²) in [4.78, 5) is 0.325. The predicted molar refractivity (Wildman–Crippen MR) is 157 cm³/mol. The van der Waals surface area contributed by atoms with Gasteiger partial charge in [-0.25, -0.2) is 8.42 Å². The molecule has 4 aromatic rings. The van der Waals surface area contributed by atoms with Crippen LogP contribution in [0.25, 0.3) is 0 Å². The summed E-state index contributed by atoms with van der Waals surface area (Å²) < 4.78 is 34.8. The van der Waals surface area contributed by atoms with Crippen molar-refractivity contribution in [2.24, 2.45) is 5.92 Å². The van der Waals surface area contributed by atoms with E-state index in [2.05, 4.69) is 41.7 Å². The summed E-state index contributed by atoms with van der Waals surface area (Å²) in [7, 11) is -3.69. The highest BCUT2D eigenvalue weighted by Gasteiger charge is 2.38. The molecule has 1 aliphatic carbocycles. The fourth-order valence-corrected chi connectivity index (χ4v) is 7.30. The molecule has 1 heterocycles. The van der Waals surface area contributed by atoms with Crippen molar-refractivity contribution >= 4 is 21.4 Å². The number of allylic oxidation sites excluding steroid dienone is 2. The first-order valence-electron chi connectivity index (χ1n) is 13.5. The average Bonchev–Trinajstić information content (AvgIpc) is 3.48. The Hall–Kier alpha value is -4.03. The maximum absolute atomic E-state index is 13.7. The Morgan fingerprint density at radius 1 is 0.897 bits per heavy atom. The number of sulfonamides is 1. The summed E-state index contributed by atoms with van der Waals surface area (Å²) in [5.41, 5.74) is 5.03. The Morgan fingerprint density at radius 2 is 1.62 bits per heavy atom. The number of para-hydroxylation sites is 1. The molecular weight excluding hydrogens is 504 g/mol. The minimum atomic E-state index is -3.69. The van der Waals surface area contributed by atoms with Crippen molar-refractivity contribution in [1.29, 1.82) is 0 Å². The molecule has 6 rings (SSSR count). The lowest BCUT2D eigenvalue weighted by molar-refractivity contribution is 0.306. The SMILES string of the molecule is CCN(c1ccccc1)S(=O)(=O)c1ccc2c(c1)C1C=CCC1C(c1ccc(OCc3ccccc3)cc1)N2. The van der Waals surface area contributed by atoms with E-state index >= 15 is 0 Å². The molecular formula is C33H32N2O3S. The summed E-state index contributed by atoms with van der Waals surface area (Å²) >= 11 is 0. The van der Waals surface area contributed by atoms with Crippen LogP contribution in [0.4, 0.5) is 11.4 Å². The second-order valence-electron chi connectivity index (χ2n) is 10.1. The molecule has 4 aromatic carbocycles. The second-order valence-corrected chi connectivity index (χ2v) is 11.9. The van der Waals surface area contributed by atoms with Gasteiger partial charge in [-0.1, -0.05) is 72.8 Å². The molecule has 0 amide bonds. The molecule has 0 fully saturated rings. The lowest BCUT2D eigenvalue weighted by Gasteiger charge is -2.38. The Bertz CT molecular complexity index is 1570. The Morgan fingerprint density at radius 3 is 2.33 bits per heavy atom. The van der Waals surface area contributed by atoms with Gasteiger partial charge in [0, 0.05) is 18.2 Å². The number of anilines is 2. The molecule has 0 spiro atoms. The van der Waals surface area contributed by atoms with Crippen LogP contribution in [0.5, 0.6) is 5.75 Å². The zero-order chi connectivity index (χ0) is 26.8. The van der Waals surface area contributed by atoms with Crippen molar-refractivity contribution in [1.82, 2.24) is 0 Å². The smallest absolute Gasteiger partial charge is 0.264 e. The van der Waals surface area contributed by atoms with E-state index in [-0.39, 0.29) is 12.0 Å². The van der Waals surface area contributed by atoms with Gasteiger partial charge in [-0.3, -0.25) is 4.31 Å². The van der Waals surface area contributed by atoms with Gasteiger partial charge in [0.15, 0.2) is 0 Å². The summed E-state index contributed by atoms with van der Waals surface area (Å²) in [6.45, 7) is 2.76. The number of rotatable bonds is 8. The van der Waals surface area contributed by atoms with Crippen LogP contribution in [-0.4, -0.2) is 15.0 Å². The topological polar surface area (TPSA) is 58.6 Å². The molecule has 2 aliphatic rings. The third-order valence-electron chi connectivity index (χ3n) is 7.74. The van der Waals surface area contributed by atoms with Gasteiger partial charge in [-0.05, 0) is 78.4 Å². The number of ether oxygens (including phenoxy) is 1. The monoisotopic (exact) mass is 536 g/mol. The summed E-state index contributed by atoms with van der Waals surface area (Å²) in [6.07, 6.45) is 5.40. The van der Waals surface area contributed by atoms with Gasteiger partial charge in [0.25, 0.3) is 10.0 Å². The first-order valence-corrected chi connectivity index (χ1v) is 14.9. The molecule has 3 unspecified atom stereocenters. The van der Waals surface area contributed by atoms with Crippen molar-refractivity contribution in [3.8, 4) is 5.75 Å². The van der Waals surface area contributed by atoms with Gasteiger partial charge in [-0.15, -0.1) is 0 Å². The highest BCUT2D eigenvalue weighted by atomic mass is 32.2. The van der Waals surface area contributed by atoms with Crippen LogP contribution >= 0.6 is 0 Å². The van der Waals surface area contributed by atoms with Gasteiger partial charge in [0.05, 0.1) is 16.6 Å². The van der Waals surface area contributed by atoms with Gasteiger partial charge in [-0.2, -0.15) is 0 Å². The molecule has 0 bridgehead atoms. The van der Waals surface area contributed by atoms with Crippen LogP contribution in [0.2, 0.25) is 0 Å². The summed E-state index contributed by atoms with van der Waals surface area (Å²) in [5.74, 6) is 1.30. The third-order valence-corrected chi connectivity index (χ3v) is 9.64. The number of fused-ring (bicyclic) bond motifs is 3. The standard InChI is InChI=1S/C33H32N2O3S/c1-2-35(26-12-7-4-8-13-26)39(36,37)28-20-21-32-31(22-28)29-14-9-15-30(29)33(34-32)25-16-18-27(19-17-25)38-23-24-10-5-3-6-11-24/h3-14,16-22,29-30,33-34H,2,15,23H2,1H3. The third kappa shape index (κ3) is 4.92. The van der Waals surface area contributed by atoms with E-state index in [1.54, 1.807) is 6.07 Å². The first-order chi connectivity index (χ1) is 19.0. The van der Waals surface area contributed by atoms with Crippen LogP contribution < -0.4 is 14.4 Å². The number of nitrogens with zero attached hydrogens (tertiary/aromatic N) is 1. The number of benzene rings is 4. The molecule has 1 N–H and O–H groups in total. The molecule has 1 aliphatic heterocycles. The summed E-state index contributed by atoms with van der Waals surface area (Å²) in [6, 6.07) is 33.4. The highest BCUT2D eigenvalue weighted by Crippen LogP contribution is 2.50. The molecule has 39 heavy (non-hydrogen) atoms. The van der Waals surface area contributed by atoms with Crippen molar-refractivity contribution in [3.05, 3.63) is 132 Å². The Labute approximate surface area is 230 Å². The largest absolute Gasteiger partial charge is 0.489 e. The van der Waals surface area contributed by atoms with E-state index in [0.29, 0.717) is 29.7 Å². The van der Waals surface area contributed by atoms with Crippen molar-refractivity contribution in [2.75, 3.05) is 16.2 Å². The van der Waals surface area contributed by atoms with Gasteiger partial charge < -0.3 is 10.1 Å². The lowest BCUT2D eigenvalue weighted by Crippen LogP contribution is -2.32. The zero-order valence-corrected chi connectivity index (χ0v) is 22.7. The van der Waals surface area contributed by atoms with Crippen LogP contribution in [0.3, 0.4) is 0 Å². The van der Waals surface area contributed by atoms with Gasteiger partial charge >= 0.3 is 0 Å². The maximum Gasteiger partial charge on any atom is 0.264 e. The van der Waals surface area contributed by atoms with Crippen molar-refractivity contribution < 1.29 is 13.2 Å². The summed E-state index contributed by atoms with van der Waals surface area (Å²) in [5, 5.41) is 3.73. The lowest BCUT2D eigenvalue weighted by atomic mass is 9.77. The molecule has 0 saturated carbocycles. The van der Waals surface area contributed by atoms with Crippen LogP contribution in [0.1, 0.15) is 42.0 Å².